The monoisotopic (exact) mass is 436 g/mol. The minimum absolute atomic E-state index is 0.146. The van der Waals surface area contributed by atoms with Crippen LogP contribution in [-0.4, -0.2) is 45.1 Å². The summed E-state index contributed by atoms with van der Waals surface area (Å²) in [6.45, 7) is -0.146. The normalized spacial score (nSPS) is 15.8. The first-order valence-corrected chi connectivity index (χ1v) is 10.2. The SMILES string of the molecule is CN(C(=O)CN(c1ccc(I)cc1)S(C)(=O)=O)C1CCCC1. The van der Waals surface area contributed by atoms with Crippen molar-refractivity contribution in [3.8, 4) is 0 Å². The fourth-order valence-corrected chi connectivity index (χ4v) is 3.95. The minimum atomic E-state index is -3.50. The number of nitrogens with zero attached hydrogens (tertiary/aromatic N) is 2. The number of hydrogen-bond acceptors (Lipinski definition) is 3. The molecule has 0 saturated heterocycles. The van der Waals surface area contributed by atoms with Gasteiger partial charge in [-0.05, 0) is 59.7 Å². The van der Waals surface area contributed by atoms with E-state index < -0.39 is 10.0 Å². The molecule has 1 amide bonds. The molecular formula is C15H21IN2O3S. The van der Waals surface area contributed by atoms with E-state index in [-0.39, 0.29) is 18.5 Å². The molecule has 7 heteroatoms. The van der Waals surface area contributed by atoms with Crippen LogP contribution in [0.25, 0.3) is 0 Å². The van der Waals surface area contributed by atoms with Gasteiger partial charge in [-0.25, -0.2) is 8.42 Å². The molecule has 0 atom stereocenters. The summed E-state index contributed by atoms with van der Waals surface area (Å²) in [6.07, 6.45) is 5.41. The van der Waals surface area contributed by atoms with Gasteiger partial charge < -0.3 is 4.90 Å². The van der Waals surface area contributed by atoms with Crippen LogP contribution in [0.15, 0.2) is 24.3 Å². The molecule has 0 unspecified atom stereocenters. The zero-order valence-corrected chi connectivity index (χ0v) is 15.8. The molecule has 122 valence electrons. The molecule has 1 aromatic carbocycles. The summed E-state index contributed by atoms with van der Waals surface area (Å²) in [4.78, 5) is 14.2. The fraction of sp³-hybridized carbons (Fsp3) is 0.533. The van der Waals surface area contributed by atoms with E-state index in [1.807, 2.05) is 12.1 Å². The highest BCUT2D eigenvalue weighted by molar-refractivity contribution is 14.1. The Bertz CT molecular complexity index is 625. The Kier molecular flexibility index (Phi) is 5.70. The highest BCUT2D eigenvalue weighted by atomic mass is 127. The van der Waals surface area contributed by atoms with Gasteiger partial charge in [-0.1, -0.05) is 12.8 Å². The molecule has 0 N–H and O–H groups in total. The van der Waals surface area contributed by atoms with Crippen molar-refractivity contribution in [2.24, 2.45) is 0 Å². The Morgan fingerprint density at radius 3 is 2.27 bits per heavy atom. The van der Waals surface area contributed by atoms with Crippen LogP contribution in [0.5, 0.6) is 0 Å². The van der Waals surface area contributed by atoms with Crippen LogP contribution in [0.2, 0.25) is 0 Å². The number of hydrogen-bond donors (Lipinski definition) is 0. The average Bonchev–Trinajstić information content (AvgIpc) is 2.97. The predicted molar refractivity (Wildman–Crippen MR) is 96.4 cm³/mol. The summed E-state index contributed by atoms with van der Waals surface area (Å²) in [7, 11) is -1.73. The Labute approximate surface area is 145 Å². The maximum absolute atomic E-state index is 12.4. The van der Waals surface area contributed by atoms with Crippen molar-refractivity contribution in [1.29, 1.82) is 0 Å². The van der Waals surface area contributed by atoms with E-state index in [0.717, 1.165) is 35.5 Å². The van der Waals surface area contributed by atoms with Crippen LogP contribution in [0.4, 0.5) is 5.69 Å². The molecule has 1 aromatic rings. The first-order chi connectivity index (χ1) is 10.3. The molecule has 0 spiro atoms. The van der Waals surface area contributed by atoms with Crippen LogP contribution in [0.1, 0.15) is 25.7 Å². The third-order valence-corrected chi connectivity index (χ3v) is 5.92. The fourth-order valence-electron chi connectivity index (χ4n) is 2.74. The van der Waals surface area contributed by atoms with E-state index in [9.17, 15) is 13.2 Å². The largest absolute Gasteiger partial charge is 0.341 e. The topological polar surface area (TPSA) is 57.7 Å². The summed E-state index contributed by atoms with van der Waals surface area (Å²) in [5.74, 6) is -0.157. The van der Waals surface area contributed by atoms with Crippen molar-refractivity contribution in [3.63, 3.8) is 0 Å². The van der Waals surface area contributed by atoms with Gasteiger partial charge in [0.15, 0.2) is 0 Å². The van der Waals surface area contributed by atoms with Crippen molar-refractivity contribution in [2.75, 3.05) is 24.2 Å². The van der Waals surface area contributed by atoms with Gasteiger partial charge in [0.1, 0.15) is 6.54 Å². The van der Waals surface area contributed by atoms with Gasteiger partial charge in [0.2, 0.25) is 15.9 Å². The minimum Gasteiger partial charge on any atom is -0.341 e. The Hall–Kier alpha value is -0.830. The predicted octanol–water partition coefficient (Wildman–Crippen LogP) is 2.46. The molecule has 1 fully saturated rings. The number of benzene rings is 1. The third kappa shape index (κ3) is 4.34. The number of halogens is 1. The second kappa shape index (κ2) is 7.16. The molecule has 5 nitrogen and oxygen atoms in total. The molecule has 0 radical (unpaired) electrons. The highest BCUT2D eigenvalue weighted by Gasteiger charge is 2.27. The smallest absolute Gasteiger partial charge is 0.243 e. The van der Waals surface area contributed by atoms with Gasteiger partial charge in [0.05, 0.1) is 11.9 Å². The molecule has 22 heavy (non-hydrogen) atoms. The summed E-state index contributed by atoms with van der Waals surface area (Å²) < 4.78 is 26.3. The number of carbonyl (C=O) groups excluding carboxylic acids is 1. The summed E-state index contributed by atoms with van der Waals surface area (Å²) in [5.41, 5.74) is 0.524. The van der Waals surface area contributed by atoms with Crippen LogP contribution in [0.3, 0.4) is 0 Å². The van der Waals surface area contributed by atoms with Crippen molar-refractivity contribution in [3.05, 3.63) is 27.8 Å². The van der Waals surface area contributed by atoms with E-state index in [1.54, 1.807) is 24.1 Å². The number of carbonyl (C=O) groups is 1. The Morgan fingerprint density at radius 1 is 1.23 bits per heavy atom. The first-order valence-electron chi connectivity index (χ1n) is 7.28. The van der Waals surface area contributed by atoms with Crippen LogP contribution in [0, 0.1) is 3.57 Å². The Balaban J connectivity index is 2.16. The van der Waals surface area contributed by atoms with E-state index in [2.05, 4.69) is 22.6 Å². The molecule has 0 aromatic heterocycles. The molecule has 0 aliphatic heterocycles. The highest BCUT2D eigenvalue weighted by Crippen LogP contribution is 2.24. The van der Waals surface area contributed by atoms with Gasteiger partial charge in [-0.15, -0.1) is 0 Å². The van der Waals surface area contributed by atoms with Gasteiger partial charge >= 0.3 is 0 Å². The molecule has 2 rings (SSSR count). The zero-order valence-electron chi connectivity index (χ0n) is 12.8. The van der Waals surface area contributed by atoms with Gasteiger partial charge in [-0.2, -0.15) is 0 Å². The lowest BCUT2D eigenvalue weighted by Crippen LogP contribution is -2.44. The van der Waals surface area contributed by atoms with Crippen LogP contribution >= 0.6 is 22.6 Å². The summed E-state index contributed by atoms with van der Waals surface area (Å²) >= 11 is 2.16. The van der Waals surface area contributed by atoms with E-state index in [4.69, 9.17) is 0 Å². The van der Waals surface area contributed by atoms with Crippen molar-refractivity contribution in [1.82, 2.24) is 4.90 Å². The van der Waals surface area contributed by atoms with Crippen molar-refractivity contribution in [2.45, 2.75) is 31.7 Å². The molecule has 0 bridgehead atoms. The van der Waals surface area contributed by atoms with Crippen molar-refractivity contribution >= 4 is 44.2 Å². The Morgan fingerprint density at radius 2 is 1.77 bits per heavy atom. The van der Waals surface area contributed by atoms with Gasteiger partial charge in [0.25, 0.3) is 0 Å². The number of amides is 1. The maximum atomic E-state index is 12.4. The standard InChI is InChI=1S/C15H21IN2O3S/c1-17(13-5-3-4-6-13)15(19)11-18(22(2,20)21)14-9-7-12(16)8-10-14/h7-10,13H,3-6,11H2,1-2H3. The molecule has 1 aliphatic rings. The quantitative estimate of drug-likeness (QED) is 0.667. The van der Waals surface area contributed by atoms with Crippen molar-refractivity contribution < 1.29 is 13.2 Å². The molecule has 0 heterocycles. The molecule has 1 saturated carbocycles. The van der Waals surface area contributed by atoms with E-state index in [0.29, 0.717) is 5.69 Å². The van der Waals surface area contributed by atoms with Gasteiger partial charge in [0, 0.05) is 16.7 Å². The summed E-state index contributed by atoms with van der Waals surface area (Å²) in [6, 6.07) is 7.36. The van der Waals surface area contributed by atoms with E-state index in [1.165, 1.54) is 4.31 Å². The van der Waals surface area contributed by atoms with Gasteiger partial charge in [-0.3, -0.25) is 9.10 Å². The number of sulfonamides is 1. The number of likely N-dealkylation sites (N-methyl/N-ethyl adjacent to an activating group) is 1. The second-order valence-electron chi connectivity index (χ2n) is 5.69. The maximum Gasteiger partial charge on any atom is 0.243 e. The van der Waals surface area contributed by atoms with Crippen LogP contribution < -0.4 is 4.31 Å². The third-order valence-electron chi connectivity index (χ3n) is 4.06. The van der Waals surface area contributed by atoms with E-state index >= 15 is 0 Å². The number of anilines is 1. The number of rotatable bonds is 5. The average molecular weight is 436 g/mol. The van der Waals surface area contributed by atoms with Crippen LogP contribution in [-0.2, 0) is 14.8 Å². The molecular weight excluding hydrogens is 415 g/mol. The first kappa shape index (κ1) is 17.5. The lowest BCUT2D eigenvalue weighted by atomic mass is 10.2. The summed E-state index contributed by atoms with van der Waals surface area (Å²) in [5, 5.41) is 0. The molecule has 1 aliphatic carbocycles. The lowest BCUT2D eigenvalue weighted by molar-refractivity contribution is -0.130. The zero-order chi connectivity index (χ0) is 16.3. The second-order valence-corrected chi connectivity index (χ2v) is 8.84. The lowest BCUT2D eigenvalue weighted by Gasteiger charge is -2.28.